The monoisotopic (exact) mass is 276 g/mol. The topological polar surface area (TPSA) is 26.3 Å². The number of hydrogen-bond donors (Lipinski definition) is 0. The zero-order chi connectivity index (χ0) is 13.8. The van der Waals surface area contributed by atoms with Gasteiger partial charge in [-0.05, 0) is 29.8 Å². The number of halogens is 2. The number of rotatable bonds is 3. The number of carbonyl (C=O) groups is 1. The molecule has 0 aliphatic rings. The molecule has 0 bridgehead atoms. The molecular formula is C15H10ClFO2. The van der Waals surface area contributed by atoms with Gasteiger partial charge in [0.05, 0.1) is 10.6 Å². The molecule has 0 saturated heterocycles. The van der Waals surface area contributed by atoms with Crippen molar-refractivity contribution in [2.45, 2.75) is 0 Å². The van der Waals surface area contributed by atoms with Crippen LogP contribution in [0.15, 0.2) is 49.0 Å². The number of hydrogen-bond acceptors (Lipinski definition) is 2. The van der Waals surface area contributed by atoms with Gasteiger partial charge < -0.3 is 4.74 Å². The van der Waals surface area contributed by atoms with Crippen molar-refractivity contribution in [3.63, 3.8) is 0 Å². The van der Waals surface area contributed by atoms with E-state index in [9.17, 15) is 9.18 Å². The Bertz CT molecular complexity index is 621. The van der Waals surface area contributed by atoms with Crippen molar-refractivity contribution in [3.8, 4) is 5.75 Å². The lowest BCUT2D eigenvalue weighted by Crippen LogP contribution is -2.08. The molecule has 2 nitrogen and oxygen atoms in total. The summed E-state index contributed by atoms with van der Waals surface area (Å²) in [5, 5.41) is -0.0184. The van der Waals surface area contributed by atoms with Gasteiger partial charge in [-0.25, -0.2) is 9.18 Å². The second-order valence-corrected chi connectivity index (χ2v) is 4.20. The minimum atomic E-state index is -0.631. The van der Waals surface area contributed by atoms with Crippen LogP contribution in [0.25, 0.3) is 6.08 Å². The van der Waals surface area contributed by atoms with E-state index in [1.54, 1.807) is 30.3 Å². The lowest BCUT2D eigenvalue weighted by Gasteiger charge is -2.05. The number of ether oxygens (including phenoxy) is 1. The SMILES string of the molecule is C=Cc1ccc(C(=O)Oc2ccc(Cl)c(F)c2)cc1. The molecule has 0 heterocycles. The fourth-order valence-electron chi connectivity index (χ4n) is 1.46. The number of carbonyl (C=O) groups excluding carboxylic acids is 1. The van der Waals surface area contributed by atoms with Gasteiger partial charge in [0.15, 0.2) is 0 Å². The lowest BCUT2D eigenvalue weighted by molar-refractivity contribution is 0.0734. The highest BCUT2D eigenvalue weighted by molar-refractivity contribution is 6.30. The van der Waals surface area contributed by atoms with Crippen LogP contribution >= 0.6 is 11.6 Å². The molecule has 0 unspecified atom stereocenters. The van der Waals surface area contributed by atoms with Gasteiger partial charge in [0.25, 0.3) is 0 Å². The first-order valence-corrected chi connectivity index (χ1v) is 5.87. The average Bonchev–Trinajstić information content (AvgIpc) is 2.43. The highest BCUT2D eigenvalue weighted by atomic mass is 35.5. The minimum absolute atomic E-state index is 0.0184. The van der Waals surface area contributed by atoms with Crippen LogP contribution in [-0.2, 0) is 0 Å². The van der Waals surface area contributed by atoms with Gasteiger partial charge in [0, 0.05) is 6.07 Å². The normalized spacial score (nSPS) is 10.0. The maximum absolute atomic E-state index is 13.2. The zero-order valence-electron chi connectivity index (χ0n) is 9.90. The van der Waals surface area contributed by atoms with Gasteiger partial charge in [-0.3, -0.25) is 0 Å². The van der Waals surface area contributed by atoms with Gasteiger partial charge in [-0.1, -0.05) is 36.4 Å². The van der Waals surface area contributed by atoms with Crippen LogP contribution in [-0.4, -0.2) is 5.97 Å². The van der Waals surface area contributed by atoms with Crippen molar-refractivity contribution in [2.24, 2.45) is 0 Å². The molecule has 0 aliphatic heterocycles. The second-order valence-electron chi connectivity index (χ2n) is 3.79. The molecule has 0 saturated carbocycles. The van der Waals surface area contributed by atoms with Crippen LogP contribution in [0.2, 0.25) is 5.02 Å². The molecule has 4 heteroatoms. The van der Waals surface area contributed by atoms with E-state index in [4.69, 9.17) is 16.3 Å². The van der Waals surface area contributed by atoms with Gasteiger partial charge in [-0.15, -0.1) is 0 Å². The summed E-state index contributed by atoms with van der Waals surface area (Å²) in [7, 11) is 0. The Morgan fingerprint density at radius 3 is 2.47 bits per heavy atom. The van der Waals surface area contributed by atoms with Crippen molar-refractivity contribution in [1.82, 2.24) is 0 Å². The summed E-state index contributed by atoms with van der Waals surface area (Å²) < 4.78 is 18.2. The molecule has 19 heavy (non-hydrogen) atoms. The van der Waals surface area contributed by atoms with E-state index >= 15 is 0 Å². The van der Waals surface area contributed by atoms with Gasteiger partial charge >= 0.3 is 5.97 Å². The molecule has 0 aromatic heterocycles. The molecule has 2 rings (SSSR count). The Kier molecular flexibility index (Phi) is 3.97. The highest BCUT2D eigenvalue weighted by Crippen LogP contribution is 2.21. The fraction of sp³-hybridized carbons (Fsp3) is 0. The van der Waals surface area contributed by atoms with E-state index in [0.717, 1.165) is 11.6 Å². The molecule has 96 valence electrons. The quantitative estimate of drug-likeness (QED) is 0.616. The Labute approximate surface area is 115 Å². The predicted molar refractivity (Wildman–Crippen MR) is 72.9 cm³/mol. The van der Waals surface area contributed by atoms with Crippen molar-refractivity contribution in [3.05, 3.63) is 71.0 Å². The molecule has 2 aromatic carbocycles. The van der Waals surface area contributed by atoms with Crippen molar-refractivity contribution in [2.75, 3.05) is 0 Å². The third-order valence-electron chi connectivity index (χ3n) is 2.48. The van der Waals surface area contributed by atoms with Crippen LogP contribution in [0.5, 0.6) is 5.75 Å². The summed E-state index contributed by atoms with van der Waals surface area (Å²) in [6.07, 6.45) is 1.67. The Morgan fingerprint density at radius 2 is 1.89 bits per heavy atom. The standard InChI is InChI=1S/C15H10ClFO2/c1-2-10-3-5-11(6-4-10)15(18)19-12-7-8-13(16)14(17)9-12/h2-9H,1H2. The Hall–Kier alpha value is -2.13. The summed E-state index contributed by atoms with van der Waals surface area (Å²) in [6.45, 7) is 3.62. The van der Waals surface area contributed by atoms with Gasteiger partial charge in [0.1, 0.15) is 11.6 Å². The second kappa shape index (κ2) is 5.67. The third-order valence-corrected chi connectivity index (χ3v) is 2.79. The average molecular weight is 277 g/mol. The molecule has 0 N–H and O–H groups in total. The smallest absolute Gasteiger partial charge is 0.343 e. The summed E-state index contributed by atoms with van der Waals surface area (Å²) >= 11 is 5.54. The largest absolute Gasteiger partial charge is 0.423 e. The van der Waals surface area contributed by atoms with E-state index in [1.807, 2.05) is 0 Å². The van der Waals surface area contributed by atoms with E-state index in [0.29, 0.717) is 5.56 Å². The first-order valence-electron chi connectivity index (χ1n) is 5.50. The van der Waals surface area contributed by atoms with Crippen LogP contribution in [0.4, 0.5) is 4.39 Å². The summed E-state index contributed by atoms with van der Waals surface area (Å²) in [6, 6.07) is 10.6. The van der Waals surface area contributed by atoms with E-state index < -0.39 is 11.8 Å². The van der Waals surface area contributed by atoms with Crippen molar-refractivity contribution >= 4 is 23.6 Å². The third kappa shape index (κ3) is 3.20. The maximum Gasteiger partial charge on any atom is 0.343 e. The first-order chi connectivity index (χ1) is 9.10. The minimum Gasteiger partial charge on any atom is -0.423 e. The summed E-state index contributed by atoms with van der Waals surface area (Å²) in [5.41, 5.74) is 1.27. The van der Waals surface area contributed by atoms with E-state index in [2.05, 4.69) is 6.58 Å². The van der Waals surface area contributed by atoms with Crippen LogP contribution in [0.1, 0.15) is 15.9 Å². The molecule has 2 aromatic rings. The van der Waals surface area contributed by atoms with Crippen molar-refractivity contribution < 1.29 is 13.9 Å². The predicted octanol–water partition coefficient (Wildman–Crippen LogP) is 4.34. The molecule has 0 atom stereocenters. The lowest BCUT2D eigenvalue weighted by atomic mass is 10.1. The maximum atomic E-state index is 13.2. The molecule has 0 spiro atoms. The van der Waals surface area contributed by atoms with Gasteiger partial charge in [0.2, 0.25) is 0 Å². The fourth-order valence-corrected chi connectivity index (χ4v) is 1.58. The first kappa shape index (κ1) is 13.3. The van der Waals surface area contributed by atoms with Crippen LogP contribution in [0.3, 0.4) is 0 Å². The van der Waals surface area contributed by atoms with Crippen LogP contribution < -0.4 is 4.74 Å². The number of benzene rings is 2. The zero-order valence-corrected chi connectivity index (χ0v) is 10.7. The van der Waals surface area contributed by atoms with Crippen molar-refractivity contribution in [1.29, 1.82) is 0 Å². The van der Waals surface area contributed by atoms with E-state index in [-0.39, 0.29) is 10.8 Å². The molecule has 0 radical (unpaired) electrons. The summed E-state index contributed by atoms with van der Waals surface area (Å²) in [4.78, 5) is 11.8. The highest BCUT2D eigenvalue weighted by Gasteiger charge is 2.09. The van der Waals surface area contributed by atoms with Gasteiger partial charge in [-0.2, -0.15) is 0 Å². The summed E-state index contributed by atoms with van der Waals surface area (Å²) in [5.74, 6) is -1.08. The molecule has 0 aliphatic carbocycles. The molecule has 0 fully saturated rings. The van der Waals surface area contributed by atoms with Crippen LogP contribution in [0, 0.1) is 5.82 Å². The number of esters is 1. The van der Waals surface area contributed by atoms with E-state index in [1.165, 1.54) is 12.1 Å². The molecular weight excluding hydrogens is 267 g/mol. The molecule has 0 amide bonds. The Balaban J connectivity index is 2.15. The Morgan fingerprint density at radius 1 is 1.21 bits per heavy atom.